The summed E-state index contributed by atoms with van der Waals surface area (Å²) in [6, 6.07) is 2.16. The van der Waals surface area contributed by atoms with Gasteiger partial charge in [-0.3, -0.25) is 0 Å². The highest BCUT2D eigenvalue weighted by atomic mass is 32.2. The molecule has 0 aromatic rings. The van der Waals surface area contributed by atoms with Crippen LogP contribution in [0.3, 0.4) is 0 Å². The third-order valence-electron chi connectivity index (χ3n) is 1.48. The van der Waals surface area contributed by atoms with Crippen molar-refractivity contribution < 1.29 is 0 Å². The van der Waals surface area contributed by atoms with Crippen LogP contribution in [-0.4, -0.2) is 18.2 Å². The number of nitriles is 1. The largest absolute Gasteiger partial charge is 0.355 e. The third kappa shape index (κ3) is 2.02. The Labute approximate surface area is 71.2 Å². The summed E-state index contributed by atoms with van der Waals surface area (Å²) < 4.78 is 0. The molecule has 0 saturated carbocycles. The Morgan fingerprint density at radius 1 is 1.64 bits per heavy atom. The van der Waals surface area contributed by atoms with Crippen molar-refractivity contribution in [2.75, 3.05) is 13.3 Å². The summed E-state index contributed by atoms with van der Waals surface area (Å²) in [5.74, 6) is 0. The molecular formula is C8H10N2S. The summed E-state index contributed by atoms with van der Waals surface area (Å²) >= 11 is 1.70. The maximum absolute atomic E-state index is 8.64. The molecule has 0 unspecified atom stereocenters. The standard InChI is InChI=1S/C8H10N2S/c1-10-5-7(4-9)3-8(6-10)11-2/h5-6H,3H2,1-2H3. The number of allylic oxidation sites excluding steroid dienone is 2. The fraction of sp³-hybridized carbons (Fsp3) is 0.375. The van der Waals surface area contributed by atoms with E-state index >= 15 is 0 Å². The van der Waals surface area contributed by atoms with E-state index in [1.807, 2.05) is 30.6 Å². The zero-order valence-corrected chi connectivity index (χ0v) is 7.48. The molecule has 1 aliphatic heterocycles. The highest BCUT2D eigenvalue weighted by Gasteiger charge is 2.07. The van der Waals surface area contributed by atoms with Gasteiger partial charge in [-0.15, -0.1) is 11.8 Å². The number of rotatable bonds is 1. The molecule has 3 heteroatoms. The second-order valence-corrected chi connectivity index (χ2v) is 3.34. The molecular weight excluding hydrogens is 156 g/mol. The Hall–Kier alpha value is -0.880. The Kier molecular flexibility index (Phi) is 2.61. The summed E-state index contributed by atoms with van der Waals surface area (Å²) in [4.78, 5) is 3.17. The minimum absolute atomic E-state index is 0.794. The molecule has 2 nitrogen and oxygen atoms in total. The van der Waals surface area contributed by atoms with E-state index in [2.05, 4.69) is 6.07 Å². The Bertz CT molecular complexity index is 247. The fourth-order valence-corrected chi connectivity index (χ4v) is 1.55. The van der Waals surface area contributed by atoms with Crippen molar-refractivity contribution in [3.8, 4) is 6.07 Å². The van der Waals surface area contributed by atoms with Crippen molar-refractivity contribution in [3.05, 3.63) is 22.9 Å². The minimum atomic E-state index is 0.794. The maximum Gasteiger partial charge on any atom is 0.0966 e. The molecule has 0 aliphatic carbocycles. The number of nitrogens with zero attached hydrogens (tertiary/aromatic N) is 2. The van der Waals surface area contributed by atoms with Crippen molar-refractivity contribution in [2.45, 2.75) is 6.42 Å². The van der Waals surface area contributed by atoms with Gasteiger partial charge in [0.25, 0.3) is 0 Å². The molecule has 0 spiro atoms. The van der Waals surface area contributed by atoms with Crippen LogP contribution >= 0.6 is 11.8 Å². The van der Waals surface area contributed by atoms with Gasteiger partial charge in [0.2, 0.25) is 0 Å². The molecule has 11 heavy (non-hydrogen) atoms. The SMILES string of the molecule is CSC1=CN(C)C=C(C#N)C1. The van der Waals surface area contributed by atoms with Gasteiger partial charge in [-0.05, 0) is 6.26 Å². The van der Waals surface area contributed by atoms with E-state index in [0.717, 1.165) is 12.0 Å². The van der Waals surface area contributed by atoms with Gasteiger partial charge < -0.3 is 4.90 Å². The molecule has 0 saturated heterocycles. The molecule has 0 aromatic heterocycles. The molecule has 0 radical (unpaired) electrons. The highest BCUT2D eigenvalue weighted by molar-refractivity contribution is 8.02. The Balaban J connectivity index is 2.74. The molecule has 1 rings (SSSR count). The van der Waals surface area contributed by atoms with Gasteiger partial charge in [0.15, 0.2) is 0 Å². The predicted octanol–water partition coefficient (Wildman–Crippen LogP) is 1.93. The molecule has 0 fully saturated rings. The monoisotopic (exact) mass is 166 g/mol. The van der Waals surface area contributed by atoms with Gasteiger partial charge in [-0.25, -0.2) is 0 Å². The van der Waals surface area contributed by atoms with Gasteiger partial charge in [-0.2, -0.15) is 5.26 Å². The van der Waals surface area contributed by atoms with Crippen molar-refractivity contribution in [3.63, 3.8) is 0 Å². The third-order valence-corrected chi connectivity index (χ3v) is 2.25. The summed E-state index contributed by atoms with van der Waals surface area (Å²) in [6.07, 6.45) is 6.73. The van der Waals surface area contributed by atoms with E-state index in [1.54, 1.807) is 11.8 Å². The first-order valence-corrected chi connectivity index (χ1v) is 4.56. The molecule has 0 bridgehead atoms. The molecule has 58 valence electrons. The smallest absolute Gasteiger partial charge is 0.0966 e. The normalized spacial score (nSPS) is 17.0. The number of hydrogen-bond acceptors (Lipinski definition) is 3. The summed E-state index contributed by atoms with van der Waals surface area (Å²) in [7, 11) is 1.94. The summed E-state index contributed by atoms with van der Waals surface area (Å²) in [6.45, 7) is 0. The van der Waals surface area contributed by atoms with Crippen LogP contribution in [0, 0.1) is 11.3 Å². The van der Waals surface area contributed by atoms with Crippen molar-refractivity contribution in [2.24, 2.45) is 0 Å². The Morgan fingerprint density at radius 3 is 2.91 bits per heavy atom. The van der Waals surface area contributed by atoms with E-state index in [1.165, 1.54) is 4.91 Å². The van der Waals surface area contributed by atoms with Crippen LogP contribution in [0.15, 0.2) is 22.9 Å². The highest BCUT2D eigenvalue weighted by Crippen LogP contribution is 2.24. The van der Waals surface area contributed by atoms with Gasteiger partial charge in [-0.1, -0.05) is 0 Å². The van der Waals surface area contributed by atoms with E-state index in [4.69, 9.17) is 5.26 Å². The first kappa shape index (κ1) is 8.22. The first-order chi connectivity index (χ1) is 5.26. The van der Waals surface area contributed by atoms with Crippen LogP contribution in [-0.2, 0) is 0 Å². The second-order valence-electron chi connectivity index (χ2n) is 2.41. The molecule has 1 aliphatic rings. The van der Waals surface area contributed by atoms with Gasteiger partial charge in [0, 0.05) is 30.8 Å². The predicted molar refractivity (Wildman–Crippen MR) is 47.7 cm³/mol. The molecule has 0 N–H and O–H groups in total. The maximum atomic E-state index is 8.64. The Morgan fingerprint density at radius 2 is 2.36 bits per heavy atom. The van der Waals surface area contributed by atoms with Gasteiger partial charge in [0.1, 0.15) is 0 Å². The number of hydrogen-bond donors (Lipinski definition) is 0. The van der Waals surface area contributed by atoms with Crippen molar-refractivity contribution in [1.29, 1.82) is 5.26 Å². The lowest BCUT2D eigenvalue weighted by molar-refractivity contribution is 0.605. The van der Waals surface area contributed by atoms with E-state index in [9.17, 15) is 0 Å². The van der Waals surface area contributed by atoms with Gasteiger partial charge in [0.05, 0.1) is 11.6 Å². The van der Waals surface area contributed by atoms with Gasteiger partial charge >= 0.3 is 0 Å². The molecule has 1 heterocycles. The molecule has 0 atom stereocenters. The lowest BCUT2D eigenvalue weighted by Gasteiger charge is -2.16. The average Bonchev–Trinajstić information content (AvgIpc) is 2.03. The van der Waals surface area contributed by atoms with E-state index < -0.39 is 0 Å². The second kappa shape index (κ2) is 3.49. The van der Waals surface area contributed by atoms with Crippen LogP contribution in [0.5, 0.6) is 0 Å². The quantitative estimate of drug-likeness (QED) is 0.595. The van der Waals surface area contributed by atoms with Crippen LogP contribution in [0.2, 0.25) is 0 Å². The number of thioether (sulfide) groups is 1. The van der Waals surface area contributed by atoms with Crippen molar-refractivity contribution in [1.82, 2.24) is 4.90 Å². The average molecular weight is 166 g/mol. The zero-order valence-electron chi connectivity index (χ0n) is 6.66. The van der Waals surface area contributed by atoms with Crippen LogP contribution < -0.4 is 0 Å². The lowest BCUT2D eigenvalue weighted by atomic mass is 10.2. The fourth-order valence-electron chi connectivity index (χ4n) is 0.982. The topological polar surface area (TPSA) is 27.0 Å². The first-order valence-electron chi connectivity index (χ1n) is 3.33. The van der Waals surface area contributed by atoms with Crippen LogP contribution in [0.1, 0.15) is 6.42 Å². The zero-order chi connectivity index (χ0) is 8.27. The van der Waals surface area contributed by atoms with Crippen LogP contribution in [0.4, 0.5) is 0 Å². The van der Waals surface area contributed by atoms with Crippen molar-refractivity contribution >= 4 is 11.8 Å². The summed E-state index contributed by atoms with van der Waals surface area (Å²) in [5.41, 5.74) is 0.833. The molecule has 0 amide bonds. The van der Waals surface area contributed by atoms with E-state index in [0.29, 0.717) is 0 Å². The minimum Gasteiger partial charge on any atom is -0.355 e. The molecule has 0 aromatic carbocycles. The van der Waals surface area contributed by atoms with Crippen LogP contribution in [0.25, 0.3) is 0 Å². The summed E-state index contributed by atoms with van der Waals surface area (Å²) in [5, 5.41) is 8.64. The van der Waals surface area contributed by atoms with E-state index in [-0.39, 0.29) is 0 Å². The lowest BCUT2D eigenvalue weighted by Crippen LogP contribution is -2.07.